The van der Waals surface area contributed by atoms with E-state index in [0.717, 1.165) is 17.8 Å². The Labute approximate surface area is 107 Å². The van der Waals surface area contributed by atoms with Gasteiger partial charge in [0.25, 0.3) is 0 Å². The fraction of sp³-hybridized carbons (Fsp3) is 1.00. The summed E-state index contributed by atoms with van der Waals surface area (Å²) < 4.78 is 45.6. The first-order chi connectivity index (χ1) is 8.27. The van der Waals surface area contributed by atoms with Gasteiger partial charge in [-0.1, -0.05) is 26.2 Å². The van der Waals surface area contributed by atoms with E-state index < -0.39 is 7.25 Å². The summed E-state index contributed by atoms with van der Waals surface area (Å²) in [6.07, 6.45) is 6.94. The highest BCUT2D eigenvalue weighted by atomic mass is 19.5. The van der Waals surface area contributed by atoms with E-state index in [1.165, 1.54) is 45.2 Å². The molecule has 0 N–H and O–H groups in total. The lowest BCUT2D eigenvalue weighted by molar-refractivity contribution is -0.906. The quantitative estimate of drug-likeness (QED) is 0.310. The SMILES string of the molecule is CCCCCCC[N+]1(C)CCOC1.F[B-](F)(F)F. The smallest absolute Gasteiger partial charge is 0.418 e. The molecule has 0 aromatic rings. The van der Waals surface area contributed by atoms with Crippen molar-refractivity contribution in [3.05, 3.63) is 0 Å². The predicted molar refractivity (Wildman–Crippen MR) is 65.7 cm³/mol. The summed E-state index contributed by atoms with van der Waals surface area (Å²) in [6, 6.07) is 0. The van der Waals surface area contributed by atoms with E-state index in [1.54, 1.807) is 0 Å². The topological polar surface area (TPSA) is 9.23 Å². The molecule has 0 aliphatic carbocycles. The van der Waals surface area contributed by atoms with Gasteiger partial charge in [-0.05, 0) is 12.8 Å². The molecule has 1 fully saturated rings. The molecule has 1 saturated heterocycles. The maximum atomic E-state index is 9.75. The lowest BCUT2D eigenvalue weighted by atomic mass is 10.1. The van der Waals surface area contributed by atoms with Gasteiger partial charge in [-0.2, -0.15) is 0 Å². The Balaban J connectivity index is 0.000000494. The van der Waals surface area contributed by atoms with Crippen LogP contribution in [0.3, 0.4) is 0 Å². The highest BCUT2D eigenvalue weighted by Gasteiger charge is 2.26. The number of unbranched alkanes of at least 4 members (excludes halogenated alkanes) is 4. The number of rotatable bonds is 6. The normalized spacial score (nSPS) is 23.7. The van der Waals surface area contributed by atoms with Crippen LogP contribution < -0.4 is 0 Å². The predicted octanol–water partition coefficient (Wildman–Crippen LogP) is 3.69. The molecular formula is C11H24BF4NO. The number of hydrogen-bond acceptors (Lipinski definition) is 1. The fourth-order valence-corrected chi connectivity index (χ4v) is 1.91. The summed E-state index contributed by atoms with van der Waals surface area (Å²) in [4.78, 5) is 0. The van der Waals surface area contributed by atoms with Gasteiger partial charge in [-0.15, -0.1) is 0 Å². The van der Waals surface area contributed by atoms with Crippen LogP contribution in [-0.4, -0.2) is 45.2 Å². The Morgan fingerprint density at radius 3 is 2.06 bits per heavy atom. The van der Waals surface area contributed by atoms with Crippen molar-refractivity contribution >= 4 is 7.25 Å². The molecule has 0 saturated carbocycles. The fourth-order valence-electron chi connectivity index (χ4n) is 1.91. The van der Waals surface area contributed by atoms with E-state index in [4.69, 9.17) is 4.74 Å². The third-order valence-corrected chi connectivity index (χ3v) is 2.98. The van der Waals surface area contributed by atoms with Crippen LogP contribution >= 0.6 is 0 Å². The van der Waals surface area contributed by atoms with Crippen LogP contribution in [0.25, 0.3) is 0 Å². The van der Waals surface area contributed by atoms with Crippen LogP contribution in [0.1, 0.15) is 39.0 Å². The summed E-state index contributed by atoms with van der Waals surface area (Å²) in [6.45, 7) is 6.69. The third-order valence-electron chi connectivity index (χ3n) is 2.98. The standard InChI is InChI=1S/C11H24NO.BF4/c1-3-4-5-6-7-8-12(2)9-10-13-11-12;2-1(3,4)5/h3-11H2,1-2H3;/q+1;-1. The minimum atomic E-state index is -6.00. The van der Waals surface area contributed by atoms with Gasteiger partial charge in [-0.3, -0.25) is 0 Å². The molecule has 0 amide bonds. The lowest BCUT2D eigenvalue weighted by Crippen LogP contribution is -2.42. The van der Waals surface area contributed by atoms with Crippen molar-refractivity contribution in [2.45, 2.75) is 39.0 Å². The Hall–Kier alpha value is -0.295. The lowest BCUT2D eigenvalue weighted by Gasteiger charge is -2.26. The van der Waals surface area contributed by atoms with Gasteiger partial charge in [0.05, 0.1) is 13.6 Å². The van der Waals surface area contributed by atoms with Gasteiger partial charge in [0, 0.05) is 0 Å². The van der Waals surface area contributed by atoms with Crippen molar-refractivity contribution in [2.75, 3.05) is 33.5 Å². The van der Waals surface area contributed by atoms with E-state index in [0.29, 0.717) is 0 Å². The van der Waals surface area contributed by atoms with Crippen molar-refractivity contribution in [3.8, 4) is 0 Å². The first-order valence-electron chi connectivity index (χ1n) is 6.55. The molecule has 1 aliphatic heterocycles. The van der Waals surface area contributed by atoms with Crippen LogP contribution in [0.15, 0.2) is 0 Å². The second kappa shape index (κ2) is 8.75. The molecule has 110 valence electrons. The summed E-state index contributed by atoms with van der Waals surface area (Å²) >= 11 is 0. The average molecular weight is 273 g/mol. The molecule has 1 aliphatic rings. The number of likely N-dealkylation sites (N-methyl/N-ethyl adjacent to an activating group) is 1. The van der Waals surface area contributed by atoms with Crippen LogP contribution in [0, 0.1) is 0 Å². The zero-order valence-electron chi connectivity index (χ0n) is 11.3. The average Bonchev–Trinajstić information content (AvgIpc) is 2.63. The first kappa shape index (κ1) is 17.7. The zero-order chi connectivity index (χ0) is 14.1. The molecule has 0 radical (unpaired) electrons. The van der Waals surface area contributed by atoms with Crippen LogP contribution in [-0.2, 0) is 4.74 Å². The van der Waals surface area contributed by atoms with Gasteiger partial charge in [0.15, 0.2) is 6.73 Å². The maximum absolute atomic E-state index is 9.75. The zero-order valence-corrected chi connectivity index (χ0v) is 11.3. The highest BCUT2D eigenvalue weighted by molar-refractivity contribution is 6.50. The molecule has 1 unspecified atom stereocenters. The van der Waals surface area contributed by atoms with Gasteiger partial charge in [-0.25, -0.2) is 0 Å². The van der Waals surface area contributed by atoms with E-state index in [9.17, 15) is 17.3 Å². The minimum Gasteiger partial charge on any atom is -0.418 e. The largest absolute Gasteiger partial charge is 0.673 e. The van der Waals surface area contributed by atoms with Crippen molar-refractivity contribution in [1.29, 1.82) is 0 Å². The summed E-state index contributed by atoms with van der Waals surface area (Å²) in [7, 11) is -3.69. The molecule has 0 aromatic heterocycles. The number of hydrogen-bond donors (Lipinski definition) is 0. The number of quaternary nitrogens is 1. The molecule has 1 atom stereocenters. The molecule has 0 spiro atoms. The van der Waals surface area contributed by atoms with E-state index >= 15 is 0 Å². The second-order valence-corrected chi connectivity index (χ2v) is 5.01. The van der Waals surface area contributed by atoms with Gasteiger partial charge >= 0.3 is 7.25 Å². The highest BCUT2D eigenvalue weighted by Crippen LogP contribution is 2.13. The molecule has 1 heterocycles. The molecule has 0 aromatic carbocycles. The maximum Gasteiger partial charge on any atom is 0.673 e. The van der Waals surface area contributed by atoms with Crippen molar-refractivity contribution < 1.29 is 26.5 Å². The van der Waals surface area contributed by atoms with Crippen LogP contribution in [0.2, 0.25) is 0 Å². The van der Waals surface area contributed by atoms with E-state index in [1.807, 2.05) is 0 Å². The first-order valence-corrected chi connectivity index (χ1v) is 6.55. The molecule has 2 nitrogen and oxygen atoms in total. The molecule has 18 heavy (non-hydrogen) atoms. The number of halogens is 4. The molecular weight excluding hydrogens is 249 g/mol. The summed E-state index contributed by atoms with van der Waals surface area (Å²) in [5, 5.41) is 0. The molecule has 0 bridgehead atoms. The Morgan fingerprint density at radius 1 is 1.06 bits per heavy atom. The van der Waals surface area contributed by atoms with E-state index in [-0.39, 0.29) is 0 Å². The second-order valence-electron chi connectivity index (χ2n) is 5.01. The molecule has 1 rings (SSSR count). The van der Waals surface area contributed by atoms with Crippen molar-refractivity contribution in [2.24, 2.45) is 0 Å². The summed E-state index contributed by atoms with van der Waals surface area (Å²) in [5.74, 6) is 0. The van der Waals surface area contributed by atoms with Crippen molar-refractivity contribution in [3.63, 3.8) is 0 Å². The third kappa shape index (κ3) is 12.2. The Kier molecular flexibility index (Phi) is 8.60. The van der Waals surface area contributed by atoms with Gasteiger partial charge in [0.2, 0.25) is 0 Å². The summed E-state index contributed by atoms with van der Waals surface area (Å²) in [5.41, 5.74) is 0. The monoisotopic (exact) mass is 273 g/mol. The van der Waals surface area contributed by atoms with Gasteiger partial charge in [0.1, 0.15) is 13.2 Å². The van der Waals surface area contributed by atoms with Gasteiger partial charge < -0.3 is 26.5 Å². The number of nitrogens with zero attached hydrogens (tertiary/aromatic N) is 1. The molecule has 7 heteroatoms. The van der Waals surface area contributed by atoms with Crippen molar-refractivity contribution in [1.82, 2.24) is 0 Å². The Morgan fingerprint density at radius 2 is 1.61 bits per heavy atom. The minimum absolute atomic E-state index is 0.938. The Bertz CT molecular complexity index is 202. The van der Waals surface area contributed by atoms with E-state index in [2.05, 4.69) is 14.0 Å². The van der Waals surface area contributed by atoms with Crippen LogP contribution in [0.5, 0.6) is 0 Å². The number of ether oxygens (including phenoxy) is 1. The van der Waals surface area contributed by atoms with Crippen LogP contribution in [0.4, 0.5) is 17.3 Å².